The molecule has 1 saturated carbocycles. The van der Waals surface area contributed by atoms with Crippen molar-refractivity contribution < 1.29 is 14.4 Å². The number of likely N-dealkylation sites (tertiary alicyclic amines) is 1. The molecule has 0 spiro atoms. The fourth-order valence-corrected chi connectivity index (χ4v) is 5.48. The number of amides is 3. The SMILES string of the molecule is Cc1cc(Cl)nc(NC(=O)[C@@H]2[C@H]3CC[C@H](C3)N2C(=O)Cn2nc(C(N)=O)c3ccccc32)c1. The first-order valence-corrected chi connectivity index (χ1v) is 11.2. The molecule has 3 N–H and O–H groups in total. The van der Waals surface area contributed by atoms with Gasteiger partial charge >= 0.3 is 0 Å². The van der Waals surface area contributed by atoms with Crippen molar-refractivity contribution in [2.75, 3.05) is 5.32 Å². The number of carbonyl (C=O) groups excluding carboxylic acids is 3. The van der Waals surface area contributed by atoms with Gasteiger partial charge in [0.15, 0.2) is 5.69 Å². The quantitative estimate of drug-likeness (QED) is 0.559. The summed E-state index contributed by atoms with van der Waals surface area (Å²) in [7, 11) is 0. The predicted octanol–water partition coefficient (Wildman–Crippen LogP) is 2.51. The van der Waals surface area contributed by atoms with E-state index in [2.05, 4.69) is 15.4 Å². The summed E-state index contributed by atoms with van der Waals surface area (Å²) in [5, 5.41) is 8.01. The second-order valence-electron chi connectivity index (χ2n) is 8.70. The van der Waals surface area contributed by atoms with Gasteiger partial charge in [0.2, 0.25) is 11.8 Å². The van der Waals surface area contributed by atoms with Gasteiger partial charge in [-0.1, -0.05) is 29.8 Å². The first-order valence-electron chi connectivity index (χ1n) is 10.8. The minimum atomic E-state index is -0.654. The number of hydrogen-bond acceptors (Lipinski definition) is 5. The van der Waals surface area contributed by atoms with E-state index in [1.165, 1.54) is 4.68 Å². The van der Waals surface area contributed by atoms with Crippen molar-refractivity contribution in [1.29, 1.82) is 0 Å². The van der Waals surface area contributed by atoms with Crippen LogP contribution in [0.4, 0.5) is 5.82 Å². The molecule has 2 aromatic heterocycles. The zero-order chi connectivity index (χ0) is 23.3. The smallest absolute Gasteiger partial charge is 0.269 e. The number of piperidine rings is 1. The van der Waals surface area contributed by atoms with E-state index in [9.17, 15) is 14.4 Å². The Morgan fingerprint density at radius 2 is 2.00 bits per heavy atom. The van der Waals surface area contributed by atoms with Crippen molar-refractivity contribution in [1.82, 2.24) is 19.7 Å². The number of rotatable bonds is 5. The molecule has 3 heterocycles. The van der Waals surface area contributed by atoms with Crippen LogP contribution >= 0.6 is 11.6 Å². The fraction of sp³-hybridized carbons (Fsp3) is 0.348. The number of nitrogens with zero attached hydrogens (tertiary/aromatic N) is 4. The number of primary amides is 1. The fourth-order valence-electron chi connectivity index (χ4n) is 5.21. The molecular weight excluding hydrogens is 444 g/mol. The molecule has 2 bridgehead atoms. The average molecular weight is 467 g/mol. The Bertz CT molecular complexity index is 1270. The van der Waals surface area contributed by atoms with Gasteiger partial charge in [0.25, 0.3) is 5.91 Å². The van der Waals surface area contributed by atoms with Crippen molar-refractivity contribution in [3.63, 3.8) is 0 Å². The molecule has 33 heavy (non-hydrogen) atoms. The third-order valence-electron chi connectivity index (χ3n) is 6.51. The van der Waals surface area contributed by atoms with E-state index in [-0.39, 0.29) is 36.0 Å². The van der Waals surface area contributed by atoms with E-state index in [0.29, 0.717) is 21.9 Å². The largest absolute Gasteiger partial charge is 0.364 e. The number of halogens is 1. The molecule has 1 saturated heterocycles. The Labute approximate surface area is 194 Å². The Kier molecular flexibility index (Phi) is 5.28. The van der Waals surface area contributed by atoms with E-state index in [1.54, 1.807) is 35.2 Å². The average Bonchev–Trinajstić information content (AvgIpc) is 3.46. The molecule has 1 aliphatic carbocycles. The zero-order valence-electron chi connectivity index (χ0n) is 18.0. The van der Waals surface area contributed by atoms with Gasteiger partial charge in [0.05, 0.1) is 5.52 Å². The maximum Gasteiger partial charge on any atom is 0.269 e. The first kappa shape index (κ1) is 21.4. The number of hydrogen-bond donors (Lipinski definition) is 2. The molecule has 0 unspecified atom stereocenters. The van der Waals surface area contributed by atoms with Gasteiger partial charge < -0.3 is 16.0 Å². The first-order chi connectivity index (χ1) is 15.8. The summed E-state index contributed by atoms with van der Waals surface area (Å²) < 4.78 is 1.49. The van der Waals surface area contributed by atoms with Crippen LogP contribution in [0.15, 0.2) is 36.4 Å². The molecule has 10 heteroatoms. The molecule has 1 aliphatic heterocycles. The van der Waals surface area contributed by atoms with Gasteiger partial charge in [-0.25, -0.2) is 4.98 Å². The van der Waals surface area contributed by atoms with Crippen molar-refractivity contribution in [3.05, 3.63) is 52.8 Å². The Hall–Kier alpha value is -3.46. The highest BCUT2D eigenvalue weighted by Gasteiger charge is 2.51. The van der Waals surface area contributed by atoms with Crippen LogP contribution in [0, 0.1) is 12.8 Å². The van der Waals surface area contributed by atoms with Crippen LogP contribution in [0.2, 0.25) is 5.15 Å². The van der Waals surface area contributed by atoms with Crippen LogP contribution in [0.3, 0.4) is 0 Å². The van der Waals surface area contributed by atoms with Crippen molar-refractivity contribution in [3.8, 4) is 0 Å². The van der Waals surface area contributed by atoms with Crippen molar-refractivity contribution in [2.45, 2.75) is 44.8 Å². The molecule has 0 radical (unpaired) electrons. The summed E-state index contributed by atoms with van der Waals surface area (Å²) in [4.78, 5) is 44.3. The summed E-state index contributed by atoms with van der Waals surface area (Å²) in [6, 6.07) is 9.99. The zero-order valence-corrected chi connectivity index (χ0v) is 18.7. The summed E-state index contributed by atoms with van der Waals surface area (Å²) in [6.45, 7) is 1.78. The molecular formula is C23H23ClN6O3. The van der Waals surface area contributed by atoms with Crippen LogP contribution < -0.4 is 11.1 Å². The summed E-state index contributed by atoms with van der Waals surface area (Å²) in [5.74, 6) is -0.687. The third kappa shape index (κ3) is 3.82. The summed E-state index contributed by atoms with van der Waals surface area (Å²) >= 11 is 6.03. The van der Waals surface area contributed by atoms with Crippen LogP contribution in [-0.2, 0) is 16.1 Å². The van der Waals surface area contributed by atoms with Gasteiger partial charge in [-0.2, -0.15) is 5.10 Å². The van der Waals surface area contributed by atoms with Gasteiger partial charge in [0, 0.05) is 11.4 Å². The highest BCUT2D eigenvalue weighted by molar-refractivity contribution is 6.29. The van der Waals surface area contributed by atoms with Gasteiger partial charge in [-0.15, -0.1) is 0 Å². The van der Waals surface area contributed by atoms with Crippen molar-refractivity contribution in [2.24, 2.45) is 11.7 Å². The second kappa shape index (κ2) is 8.15. The van der Waals surface area contributed by atoms with Crippen LogP contribution in [0.5, 0.6) is 0 Å². The number of nitrogens with one attached hydrogen (secondary N) is 1. The maximum absolute atomic E-state index is 13.4. The Balaban J connectivity index is 1.41. The number of aromatic nitrogens is 3. The lowest BCUT2D eigenvalue weighted by Crippen LogP contribution is -2.52. The predicted molar refractivity (Wildman–Crippen MR) is 123 cm³/mol. The summed E-state index contributed by atoms with van der Waals surface area (Å²) in [6.07, 6.45) is 2.55. The van der Waals surface area contributed by atoms with E-state index >= 15 is 0 Å². The Morgan fingerprint density at radius 1 is 1.21 bits per heavy atom. The molecule has 5 rings (SSSR count). The maximum atomic E-state index is 13.4. The van der Waals surface area contributed by atoms with E-state index in [1.807, 2.05) is 13.0 Å². The number of nitrogens with two attached hydrogens (primary N) is 1. The number of carbonyl (C=O) groups is 3. The topological polar surface area (TPSA) is 123 Å². The highest BCUT2D eigenvalue weighted by atomic mass is 35.5. The standard InChI is InChI=1S/C23H23ClN6O3/c1-12-8-17(24)26-18(9-12)27-23(33)21-13-6-7-14(10-13)30(21)19(31)11-29-16-5-3-2-4-15(16)20(28-29)22(25)32/h2-5,8-9,13-14,21H,6-7,10-11H2,1H3,(H2,25,32)(H,26,27,33)/t13-,14+,21-/m0/s1. The lowest BCUT2D eigenvalue weighted by molar-refractivity contribution is -0.141. The number of fused-ring (bicyclic) bond motifs is 3. The minimum absolute atomic E-state index is 0.00439. The molecule has 3 atom stereocenters. The number of pyridine rings is 1. The van der Waals surface area contributed by atoms with Crippen LogP contribution in [0.25, 0.3) is 10.9 Å². The highest BCUT2D eigenvalue weighted by Crippen LogP contribution is 2.43. The minimum Gasteiger partial charge on any atom is -0.364 e. The molecule has 170 valence electrons. The lowest BCUT2D eigenvalue weighted by atomic mass is 9.97. The van der Waals surface area contributed by atoms with Gasteiger partial charge in [0.1, 0.15) is 23.6 Å². The van der Waals surface area contributed by atoms with E-state index in [4.69, 9.17) is 17.3 Å². The normalized spacial score (nSPS) is 21.5. The third-order valence-corrected chi connectivity index (χ3v) is 6.70. The van der Waals surface area contributed by atoms with Crippen LogP contribution in [-0.4, -0.2) is 49.5 Å². The lowest BCUT2D eigenvalue weighted by Gasteiger charge is -2.34. The van der Waals surface area contributed by atoms with Gasteiger partial charge in [-0.3, -0.25) is 19.1 Å². The Morgan fingerprint density at radius 3 is 2.76 bits per heavy atom. The van der Waals surface area contributed by atoms with Gasteiger partial charge in [-0.05, 0) is 55.9 Å². The number of benzene rings is 1. The summed E-state index contributed by atoms with van der Waals surface area (Å²) in [5.41, 5.74) is 7.12. The number of anilines is 1. The number of aryl methyl sites for hydroxylation is 1. The van der Waals surface area contributed by atoms with E-state index in [0.717, 1.165) is 24.8 Å². The van der Waals surface area contributed by atoms with E-state index < -0.39 is 11.9 Å². The monoisotopic (exact) mass is 466 g/mol. The molecule has 9 nitrogen and oxygen atoms in total. The molecule has 1 aromatic carbocycles. The number of para-hydroxylation sites is 1. The molecule has 2 aliphatic rings. The molecule has 3 aromatic rings. The van der Waals surface area contributed by atoms with Crippen molar-refractivity contribution >= 4 is 46.0 Å². The molecule has 2 fully saturated rings. The molecule has 3 amide bonds. The second-order valence-corrected chi connectivity index (χ2v) is 9.09. The van der Waals surface area contributed by atoms with Crippen LogP contribution in [0.1, 0.15) is 35.3 Å².